The van der Waals surface area contributed by atoms with E-state index in [4.69, 9.17) is 0 Å². The third kappa shape index (κ3) is 0.918. The summed E-state index contributed by atoms with van der Waals surface area (Å²) in [5.41, 5.74) is 4.36. The molecular formula is C10H11B. The maximum absolute atomic E-state index is 2.28. The first-order valence-corrected chi connectivity index (χ1v) is 4.06. The van der Waals surface area contributed by atoms with Crippen molar-refractivity contribution in [1.82, 2.24) is 0 Å². The van der Waals surface area contributed by atoms with E-state index in [2.05, 4.69) is 45.1 Å². The quantitative estimate of drug-likeness (QED) is 0.484. The lowest BCUT2D eigenvalue weighted by Gasteiger charge is -2.05. The maximum Gasteiger partial charge on any atom is 0.116 e. The first-order valence-electron chi connectivity index (χ1n) is 4.06. The molecule has 0 amide bonds. The predicted octanol–water partition coefficient (Wildman–Crippen LogP) is 1.78. The molecular weight excluding hydrogens is 131 g/mol. The summed E-state index contributed by atoms with van der Waals surface area (Å²) in [6, 6.07) is 8.61. The van der Waals surface area contributed by atoms with Crippen LogP contribution in [0, 0.1) is 0 Å². The van der Waals surface area contributed by atoms with Crippen molar-refractivity contribution >= 4 is 13.9 Å². The van der Waals surface area contributed by atoms with Crippen molar-refractivity contribution in [3.63, 3.8) is 0 Å². The second kappa shape index (κ2) is 2.26. The molecule has 0 radical (unpaired) electrons. The minimum absolute atomic E-state index is 0.631. The highest BCUT2D eigenvalue weighted by Gasteiger charge is 2.16. The summed E-state index contributed by atoms with van der Waals surface area (Å²) in [5, 5.41) is 0. The van der Waals surface area contributed by atoms with E-state index in [1.807, 2.05) is 0 Å². The van der Waals surface area contributed by atoms with Gasteiger partial charge in [0.05, 0.1) is 0 Å². The van der Waals surface area contributed by atoms with Crippen molar-refractivity contribution in [1.29, 1.82) is 0 Å². The van der Waals surface area contributed by atoms with Crippen LogP contribution in [-0.2, 0) is 0 Å². The van der Waals surface area contributed by atoms with Gasteiger partial charge >= 0.3 is 0 Å². The molecule has 0 aliphatic heterocycles. The predicted molar refractivity (Wildman–Crippen MR) is 51.4 cm³/mol. The second-order valence-electron chi connectivity index (χ2n) is 3.24. The van der Waals surface area contributed by atoms with Crippen molar-refractivity contribution in [3.8, 4) is 0 Å². The van der Waals surface area contributed by atoms with Gasteiger partial charge in [-0.3, -0.25) is 0 Å². The Hall–Kier alpha value is -0.975. The lowest BCUT2D eigenvalue weighted by Crippen LogP contribution is -1.94. The van der Waals surface area contributed by atoms with E-state index in [1.54, 1.807) is 0 Å². The average molecular weight is 142 g/mol. The molecule has 1 heteroatoms. The molecule has 0 saturated heterocycles. The minimum atomic E-state index is 0.631. The number of allylic oxidation sites excluding steroid dienone is 1. The van der Waals surface area contributed by atoms with Crippen molar-refractivity contribution in [2.45, 2.75) is 12.7 Å². The van der Waals surface area contributed by atoms with Crippen LogP contribution in [0.4, 0.5) is 0 Å². The van der Waals surface area contributed by atoms with E-state index in [0.717, 1.165) is 0 Å². The Morgan fingerprint density at radius 3 is 2.73 bits per heavy atom. The fourth-order valence-corrected chi connectivity index (χ4v) is 1.65. The number of rotatable bonds is 0. The first kappa shape index (κ1) is 6.72. The van der Waals surface area contributed by atoms with Gasteiger partial charge in [0.1, 0.15) is 7.85 Å². The normalized spacial score (nSPS) is 21.2. The zero-order valence-electron chi connectivity index (χ0n) is 6.96. The molecule has 0 N–H and O–H groups in total. The van der Waals surface area contributed by atoms with Gasteiger partial charge in [0, 0.05) is 0 Å². The molecule has 0 spiro atoms. The van der Waals surface area contributed by atoms with E-state index < -0.39 is 0 Å². The summed E-state index contributed by atoms with van der Waals surface area (Å²) >= 11 is 0. The Morgan fingerprint density at radius 2 is 2.00 bits per heavy atom. The topological polar surface area (TPSA) is 0 Å². The highest BCUT2D eigenvalue weighted by atomic mass is 14.2. The van der Waals surface area contributed by atoms with Gasteiger partial charge in [0.25, 0.3) is 0 Å². The summed E-state index contributed by atoms with van der Waals surface area (Å²) in [6.45, 7) is 2.20. The van der Waals surface area contributed by atoms with Crippen molar-refractivity contribution in [3.05, 3.63) is 41.0 Å². The SMILES string of the molecule is BC1C(C)=Cc2ccccc21. The average Bonchev–Trinajstić information content (AvgIpc) is 2.30. The van der Waals surface area contributed by atoms with Gasteiger partial charge in [-0.15, -0.1) is 0 Å². The summed E-state index contributed by atoms with van der Waals surface area (Å²) in [7, 11) is 2.26. The molecule has 1 aromatic rings. The lowest BCUT2D eigenvalue weighted by atomic mass is 9.79. The molecule has 1 aliphatic carbocycles. The van der Waals surface area contributed by atoms with Gasteiger partial charge < -0.3 is 0 Å². The fourth-order valence-electron chi connectivity index (χ4n) is 1.65. The summed E-state index contributed by atoms with van der Waals surface area (Å²) in [6.07, 6.45) is 2.28. The number of benzene rings is 1. The van der Waals surface area contributed by atoms with Crippen LogP contribution in [0.2, 0.25) is 0 Å². The van der Waals surface area contributed by atoms with Crippen LogP contribution < -0.4 is 0 Å². The summed E-state index contributed by atoms with van der Waals surface area (Å²) in [4.78, 5) is 0. The monoisotopic (exact) mass is 142 g/mol. The van der Waals surface area contributed by atoms with Gasteiger partial charge in [-0.2, -0.15) is 0 Å². The van der Waals surface area contributed by atoms with Crippen LogP contribution in [0.25, 0.3) is 6.08 Å². The first-order chi connectivity index (χ1) is 5.29. The third-order valence-corrected chi connectivity index (χ3v) is 2.53. The highest BCUT2D eigenvalue weighted by molar-refractivity contribution is 6.16. The number of fused-ring (bicyclic) bond motifs is 1. The van der Waals surface area contributed by atoms with Crippen LogP contribution in [0.15, 0.2) is 29.8 Å². The molecule has 0 heterocycles. The largest absolute Gasteiger partial charge is 0.116 e. The lowest BCUT2D eigenvalue weighted by molar-refractivity contribution is 1.14. The standard InChI is InChI=1S/C10H11B/c1-7-6-8-4-2-3-5-9(8)10(7)11/h2-6,10H,11H2,1H3. The smallest absolute Gasteiger partial charge is 0.0733 e. The number of hydrogen-bond donors (Lipinski definition) is 0. The highest BCUT2D eigenvalue weighted by Crippen LogP contribution is 2.32. The van der Waals surface area contributed by atoms with Gasteiger partial charge in [-0.25, -0.2) is 0 Å². The van der Waals surface area contributed by atoms with E-state index in [0.29, 0.717) is 5.82 Å². The van der Waals surface area contributed by atoms with Crippen LogP contribution in [0.3, 0.4) is 0 Å². The third-order valence-electron chi connectivity index (χ3n) is 2.53. The van der Waals surface area contributed by atoms with Crippen LogP contribution in [0.5, 0.6) is 0 Å². The molecule has 11 heavy (non-hydrogen) atoms. The molecule has 0 bridgehead atoms. The van der Waals surface area contributed by atoms with Crippen LogP contribution >= 0.6 is 0 Å². The fraction of sp³-hybridized carbons (Fsp3) is 0.200. The Bertz CT molecular complexity index is 312. The Kier molecular flexibility index (Phi) is 1.38. The maximum atomic E-state index is 2.28. The zero-order chi connectivity index (χ0) is 7.84. The summed E-state index contributed by atoms with van der Waals surface area (Å²) < 4.78 is 0. The number of hydrogen-bond acceptors (Lipinski definition) is 0. The van der Waals surface area contributed by atoms with E-state index in [9.17, 15) is 0 Å². The van der Waals surface area contributed by atoms with Crippen molar-refractivity contribution in [2.75, 3.05) is 0 Å². The molecule has 0 aromatic heterocycles. The molecule has 1 unspecified atom stereocenters. The Balaban J connectivity index is 2.58. The second-order valence-corrected chi connectivity index (χ2v) is 3.24. The van der Waals surface area contributed by atoms with Gasteiger partial charge in [-0.1, -0.05) is 35.9 Å². The minimum Gasteiger partial charge on any atom is -0.0733 e. The Morgan fingerprint density at radius 1 is 1.27 bits per heavy atom. The Labute approximate surface area is 68.3 Å². The molecule has 1 atom stereocenters. The molecule has 2 rings (SSSR count). The molecule has 1 aliphatic rings. The van der Waals surface area contributed by atoms with E-state index in [1.165, 1.54) is 16.7 Å². The molecule has 54 valence electrons. The van der Waals surface area contributed by atoms with Gasteiger partial charge in [0.2, 0.25) is 0 Å². The molecule has 0 saturated carbocycles. The zero-order valence-corrected chi connectivity index (χ0v) is 6.96. The summed E-state index contributed by atoms with van der Waals surface area (Å²) in [5.74, 6) is 0.631. The molecule has 0 fully saturated rings. The van der Waals surface area contributed by atoms with Crippen LogP contribution in [-0.4, -0.2) is 7.85 Å². The molecule has 1 aromatic carbocycles. The van der Waals surface area contributed by atoms with E-state index >= 15 is 0 Å². The molecule has 0 nitrogen and oxygen atoms in total. The van der Waals surface area contributed by atoms with Crippen molar-refractivity contribution < 1.29 is 0 Å². The van der Waals surface area contributed by atoms with Gasteiger partial charge in [0.15, 0.2) is 0 Å². The van der Waals surface area contributed by atoms with Crippen LogP contribution in [0.1, 0.15) is 23.9 Å². The van der Waals surface area contributed by atoms with E-state index in [-0.39, 0.29) is 0 Å². The van der Waals surface area contributed by atoms with Gasteiger partial charge in [-0.05, 0) is 23.9 Å². The van der Waals surface area contributed by atoms with Crippen molar-refractivity contribution in [2.24, 2.45) is 0 Å².